The Labute approximate surface area is 116 Å². The van der Waals surface area contributed by atoms with Gasteiger partial charge in [0.2, 0.25) is 5.91 Å². The number of nitrogens with two attached hydrogens (primary N) is 1. The molecule has 0 radical (unpaired) electrons. The molecule has 0 aliphatic carbocycles. The van der Waals surface area contributed by atoms with Gasteiger partial charge in [-0.25, -0.2) is 0 Å². The molecule has 5 nitrogen and oxygen atoms in total. The lowest BCUT2D eigenvalue weighted by atomic mass is 10.2. The van der Waals surface area contributed by atoms with Gasteiger partial charge in [-0.05, 0) is 37.6 Å². The lowest BCUT2D eigenvalue weighted by Crippen LogP contribution is -2.20. The third-order valence-corrected chi connectivity index (χ3v) is 3.23. The topological polar surface area (TPSA) is 72.9 Å². The van der Waals surface area contributed by atoms with E-state index in [0.29, 0.717) is 10.7 Å². The van der Waals surface area contributed by atoms with Gasteiger partial charge in [-0.15, -0.1) is 0 Å². The normalized spacial score (nSPS) is 10.5. The largest absolute Gasteiger partial charge is 0.399 e. The quantitative estimate of drug-likeness (QED) is 0.847. The number of rotatable bonds is 3. The van der Waals surface area contributed by atoms with E-state index in [1.54, 1.807) is 16.8 Å². The van der Waals surface area contributed by atoms with Gasteiger partial charge in [0.15, 0.2) is 0 Å². The molecule has 100 valence electrons. The molecule has 1 heterocycles. The molecule has 1 amide bonds. The van der Waals surface area contributed by atoms with Gasteiger partial charge in [0.25, 0.3) is 0 Å². The Bertz CT molecular complexity index is 621. The highest BCUT2D eigenvalue weighted by atomic mass is 35.5. The van der Waals surface area contributed by atoms with Crippen molar-refractivity contribution in [3.05, 3.63) is 40.7 Å². The lowest BCUT2D eigenvalue weighted by Gasteiger charge is -2.09. The number of hydrogen-bond acceptors (Lipinski definition) is 3. The van der Waals surface area contributed by atoms with E-state index < -0.39 is 0 Å². The number of carbonyl (C=O) groups excluding carboxylic acids is 1. The third kappa shape index (κ3) is 3.06. The van der Waals surface area contributed by atoms with Gasteiger partial charge >= 0.3 is 0 Å². The van der Waals surface area contributed by atoms with Crippen LogP contribution in [0.2, 0.25) is 5.02 Å². The SMILES string of the molecule is Cc1cc(N)ccc1NC(=O)Cn1ncc(Cl)c1C. The molecule has 0 atom stereocenters. The average molecular weight is 279 g/mol. The molecular formula is C13H15ClN4O. The summed E-state index contributed by atoms with van der Waals surface area (Å²) in [4.78, 5) is 11.9. The zero-order chi connectivity index (χ0) is 14.0. The first kappa shape index (κ1) is 13.4. The first-order valence-corrected chi connectivity index (χ1v) is 6.19. The Morgan fingerprint density at radius 1 is 1.47 bits per heavy atom. The van der Waals surface area contributed by atoms with Crippen LogP contribution in [0.4, 0.5) is 11.4 Å². The molecule has 0 saturated carbocycles. The second-order valence-corrected chi connectivity index (χ2v) is 4.77. The van der Waals surface area contributed by atoms with Crippen LogP contribution < -0.4 is 11.1 Å². The standard InChI is InChI=1S/C13H15ClN4O/c1-8-5-10(15)3-4-12(8)17-13(19)7-18-9(2)11(14)6-16-18/h3-6H,7,15H2,1-2H3,(H,17,19). The summed E-state index contributed by atoms with van der Waals surface area (Å²) in [5.74, 6) is -0.157. The van der Waals surface area contributed by atoms with Crippen LogP contribution in [0, 0.1) is 13.8 Å². The van der Waals surface area contributed by atoms with Crippen molar-refractivity contribution < 1.29 is 4.79 Å². The molecule has 3 N–H and O–H groups in total. The van der Waals surface area contributed by atoms with Crippen LogP contribution in [0.15, 0.2) is 24.4 Å². The number of amides is 1. The molecule has 0 spiro atoms. The van der Waals surface area contributed by atoms with Crippen molar-refractivity contribution in [3.63, 3.8) is 0 Å². The molecule has 0 aliphatic heterocycles. The van der Waals surface area contributed by atoms with Gasteiger partial charge in [0.05, 0.1) is 16.9 Å². The van der Waals surface area contributed by atoms with Crippen molar-refractivity contribution in [2.24, 2.45) is 0 Å². The van der Waals surface area contributed by atoms with Crippen molar-refractivity contribution in [2.45, 2.75) is 20.4 Å². The van der Waals surface area contributed by atoms with Crippen LogP contribution in [0.25, 0.3) is 0 Å². The van der Waals surface area contributed by atoms with Crippen LogP contribution in [0.5, 0.6) is 0 Å². The molecule has 6 heteroatoms. The number of anilines is 2. The van der Waals surface area contributed by atoms with Crippen LogP contribution in [0.1, 0.15) is 11.3 Å². The Balaban J connectivity index is 2.07. The van der Waals surface area contributed by atoms with E-state index in [0.717, 1.165) is 16.9 Å². The number of benzene rings is 1. The van der Waals surface area contributed by atoms with E-state index in [4.69, 9.17) is 17.3 Å². The van der Waals surface area contributed by atoms with Crippen molar-refractivity contribution in [2.75, 3.05) is 11.1 Å². The van der Waals surface area contributed by atoms with Crippen LogP contribution >= 0.6 is 11.6 Å². The molecule has 0 fully saturated rings. The zero-order valence-electron chi connectivity index (χ0n) is 10.8. The molecule has 0 bridgehead atoms. The smallest absolute Gasteiger partial charge is 0.246 e. The minimum absolute atomic E-state index is 0.127. The van der Waals surface area contributed by atoms with E-state index in [-0.39, 0.29) is 12.5 Å². The summed E-state index contributed by atoms with van der Waals surface area (Å²) in [5, 5.41) is 7.41. The van der Waals surface area contributed by atoms with E-state index >= 15 is 0 Å². The minimum Gasteiger partial charge on any atom is -0.399 e. The monoisotopic (exact) mass is 278 g/mol. The summed E-state index contributed by atoms with van der Waals surface area (Å²) < 4.78 is 1.56. The van der Waals surface area contributed by atoms with Gasteiger partial charge in [-0.3, -0.25) is 9.48 Å². The predicted molar refractivity (Wildman–Crippen MR) is 76.2 cm³/mol. The Hall–Kier alpha value is -2.01. The number of halogens is 1. The van der Waals surface area contributed by atoms with Crippen LogP contribution in [-0.4, -0.2) is 15.7 Å². The lowest BCUT2D eigenvalue weighted by molar-refractivity contribution is -0.116. The van der Waals surface area contributed by atoms with E-state index in [2.05, 4.69) is 10.4 Å². The van der Waals surface area contributed by atoms with E-state index in [1.807, 2.05) is 19.9 Å². The number of aromatic nitrogens is 2. The van der Waals surface area contributed by atoms with Crippen molar-refractivity contribution in [1.29, 1.82) is 0 Å². The molecule has 2 rings (SSSR count). The third-order valence-electron chi connectivity index (χ3n) is 2.86. The summed E-state index contributed by atoms with van der Waals surface area (Å²) in [6.07, 6.45) is 1.53. The van der Waals surface area contributed by atoms with Gasteiger partial charge < -0.3 is 11.1 Å². The summed E-state index contributed by atoms with van der Waals surface area (Å²) in [6, 6.07) is 5.34. The summed E-state index contributed by atoms with van der Waals surface area (Å²) in [5.41, 5.74) is 8.77. The van der Waals surface area contributed by atoms with Crippen LogP contribution in [-0.2, 0) is 11.3 Å². The number of aryl methyl sites for hydroxylation is 1. The van der Waals surface area contributed by atoms with Gasteiger partial charge in [0.1, 0.15) is 6.54 Å². The fraction of sp³-hybridized carbons (Fsp3) is 0.231. The second-order valence-electron chi connectivity index (χ2n) is 4.36. The maximum absolute atomic E-state index is 11.9. The van der Waals surface area contributed by atoms with Gasteiger partial charge in [-0.1, -0.05) is 11.6 Å². The molecule has 1 aromatic carbocycles. The number of carbonyl (C=O) groups is 1. The number of hydrogen-bond donors (Lipinski definition) is 2. The van der Waals surface area contributed by atoms with Crippen molar-refractivity contribution in [3.8, 4) is 0 Å². The molecule has 0 saturated heterocycles. The first-order valence-electron chi connectivity index (χ1n) is 5.81. The van der Waals surface area contributed by atoms with Crippen molar-refractivity contribution in [1.82, 2.24) is 9.78 Å². The fourth-order valence-electron chi connectivity index (χ4n) is 1.74. The maximum atomic E-state index is 11.9. The number of nitrogens with one attached hydrogen (secondary N) is 1. The first-order chi connectivity index (χ1) is 8.97. The highest BCUT2D eigenvalue weighted by Crippen LogP contribution is 2.18. The molecule has 0 unspecified atom stereocenters. The fourth-order valence-corrected chi connectivity index (χ4v) is 1.88. The maximum Gasteiger partial charge on any atom is 0.246 e. The highest BCUT2D eigenvalue weighted by molar-refractivity contribution is 6.31. The Morgan fingerprint density at radius 2 is 2.21 bits per heavy atom. The van der Waals surface area contributed by atoms with E-state index in [9.17, 15) is 4.79 Å². The molecular weight excluding hydrogens is 264 g/mol. The molecule has 19 heavy (non-hydrogen) atoms. The second kappa shape index (κ2) is 5.32. The molecule has 1 aromatic heterocycles. The van der Waals surface area contributed by atoms with Gasteiger partial charge in [0, 0.05) is 11.4 Å². The summed E-state index contributed by atoms with van der Waals surface area (Å²) >= 11 is 5.89. The number of nitrogens with zero attached hydrogens (tertiary/aromatic N) is 2. The minimum atomic E-state index is -0.157. The van der Waals surface area contributed by atoms with Crippen LogP contribution in [0.3, 0.4) is 0 Å². The van der Waals surface area contributed by atoms with E-state index in [1.165, 1.54) is 6.20 Å². The zero-order valence-corrected chi connectivity index (χ0v) is 11.5. The summed E-state index contributed by atoms with van der Waals surface area (Å²) in [6.45, 7) is 3.83. The highest BCUT2D eigenvalue weighted by Gasteiger charge is 2.10. The predicted octanol–water partition coefficient (Wildman–Crippen LogP) is 2.37. The molecule has 0 aliphatic rings. The van der Waals surface area contributed by atoms with Gasteiger partial charge in [-0.2, -0.15) is 5.10 Å². The molecule has 2 aromatic rings. The van der Waals surface area contributed by atoms with Crippen molar-refractivity contribution >= 4 is 28.9 Å². The Morgan fingerprint density at radius 3 is 2.79 bits per heavy atom. The summed E-state index contributed by atoms with van der Waals surface area (Å²) in [7, 11) is 0. The Kier molecular flexibility index (Phi) is 3.76. The average Bonchev–Trinajstić information content (AvgIpc) is 2.65. The number of nitrogen functional groups attached to an aromatic ring is 1.